The van der Waals surface area contributed by atoms with Gasteiger partial charge in [0.05, 0.1) is 5.41 Å². The molecule has 0 saturated heterocycles. The molecule has 0 atom stereocenters. The number of nitrogens with one attached hydrogen (secondary N) is 4. The highest BCUT2D eigenvalue weighted by Gasteiger charge is 2.38. The van der Waals surface area contributed by atoms with Gasteiger partial charge in [-0.05, 0) is 63.8 Å². The second-order valence-corrected chi connectivity index (χ2v) is 11.2. The number of benzene rings is 1. The normalized spacial score (nSPS) is 10.2. The minimum Gasteiger partial charge on any atom is -0.481 e. The summed E-state index contributed by atoms with van der Waals surface area (Å²) in [6.07, 6.45) is 3.34. The minimum atomic E-state index is -1.13. The van der Waals surface area contributed by atoms with Crippen molar-refractivity contribution in [2.75, 3.05) is 31.5 Å². The summed E-state index contributed by atoms with van der Waals surface area (Å²) in [5.74, 6) is -2.93. The molecular weight excluding hydrogens is 582 g/mol. The van der Waals surface area contributed by atoms with E-state index in [1.165, 1.54) is 20.8 Å². The lowest BCUT2D eigenvalue weighted by atomic mass is 9.74. The standard InChI is InChI=1S/C17H27N3O2.C11H19NO5.C2H5NO.C2H6/c1-3-6-16(21)19-12-5-13-20-17(22)14-7-9-15(10-8-14)18-11-4-2;1-10(2,6-11(3,4)9(16)17)8(15)12-5-7(13)14;1-2(3)4;1-2/h7-10,18H,3-6,11-13H2,1-2H3,(H,19,21)(H,20,22);5-6H2,1-4H3,(H,12,15)(H,13,14)(H,16,17);1H3,(H2,3,4);1-2H3. The number of nitrogens with two attached hydrogens (primary N) is 1. The van der Waals surface area contributed by atoms with Crippen molar-refractivity contribution >= 4 is 41.3 Å². The first-order valence-corrected chi connectivity index (χ1v) is 15.3. The zero-order valence-corrected chi connectivity index (χ0v) is 28.6. The Balaban J connectivity index is -0.000000682. The molecule has 4 amide bonds. The Hall–Kier alpha value is -4.16. The van der Waals surface area contributed by atoms with Crippen LogP contribution >= 0.6 is 0 Å². The lowest BCUT2D eigenvalue weighted by molar-refractivity contribution is -0.150. The number of amides is 4. The number of carboxylic acids is 2. The Kier molecular flexibility index (Phi) is 25.3. The zero-order valence-electron chi connectivity index (χ0n) is 28.6. The summed E-state index contributed by atoms with van der Waals surface area (Å²) in [6.45, 7) is 17.3. The quantitative estimate of drug-likeness (QED) is 0.131. The van der Waals surface area contributed by atoms with Crippen LogP contribution in [0.25, 0.3) is 0 Å². The van der Waals surface area contributed by atoms with E-state index in [1.807, 2.05) is 45.0 Å². The largest absolute Gasteiger partial charge is 0.481 e. The average Bonchev–Trinajstić information content (AvgIpc) is 2.95. The predicted molar refractivity (Wildman–Crippen MR) is 177 cm³/mol. The molecule has 1 rings (SSSR count). The van der Waals surface area contributed by atoms with Gasteiger partial charge in [0.2, 0.25) is 17.7 Å². The van der Waals surface area contributed by atoms with Gasteiger partial charge in [0.25, 0.3) is 5.91 Å². The molecule has 0 radical (unpaired) electrons. The highest BCUT2D eigenvalue weighted by Crippen LogP contribution is 2.34. The molecule has 13 nitrogen and oxygen atoms in total. The van der Waals surface area contributed by atoms with Gasteiger partial charge in [0.15, 0.2) is 0 Å². The van der Waals surface area contributed by atoms with Gasteiger partial charge in [0.1, 0.15) is 6.54 Å². The molecule has 0 fully saturated rings. The molecule has 0 unspecified atom stereocenters. The molecule has 0 aromatic heterocycles. The van der Waals surface area contributed by atoms with Crippen LogP contribution in [-0.4, -0.2) is 72.0 Å². The Morgan fingerprint density at radius 3 is 1.73 bits per heavy atom. The fraction of sp³-hybridized carbons (Fsp3) is 0.625. The van der Waals surface area contributed by atoms with Crippen molar-refractivity contribution in [1.29, 1.82) is 0 Å². The molecule has 1 aromatic carbocycles. The average molecular weight is 640 g/mol. The third-order valence-corrected chi connectivity index (χ3v) is 5.64. The molecule has 0 spiro atoms. The Bertz CT molecular complexity index is 1040. The Labute approximate surface area is 268 Å². The van der Waals surface area contributed by atoms with E-state index >= 15 is 0 Å². The van der Waals surface area contributed by atoms with E-state index in [9.17, 15) is 28.8 Å². The van der Waals surface area contributed by atoms with Crippen molar-refractivity contribution in [3.8, 4) is 0 Å². The molecular formula is C32H57N5O8. The summed E-state index contributed by atoms with van der Waals surface area (Å²) in [5.41, 5.74) is 4.18. The van der Waals surface area contributed by atoms with Gasteiger partial charge in [-0.15, -0.1) is 0 Å². The summed E-state index contributed by atoms with van der Waals surface area (Å²) in [7, 11) is 0. The van der Waals surface area contributed by atoms with Crippen molar-refractivity contribution in [1.82, 2.24) is 16.0 Å². The van der Waals surface area contributed by atoms with Crippen LogP contribution in [0.4, 0.5) is 5.69 Å². The molecule has 1 aromatic rings. The summed E-state index contributed by atoms with van der Waals surface area (Å²) >= 11 is 0. The van der Waals surface area contributed by atoms with E-state index < -0.39 is 35.2 Å². The van der Waals surface area contributed by atoms with Gasteiger partial charge in [-0.1, -0.05) is 41.5 Å². The van der Waals surface area contributed by atoms with Crippen molar-refractivity contribution in [2.24, 2.45) is 16.6 Å². The molecule has 0 saturated carbocycles. The second-order valence-electron chi connectivity index (χ2n) is 11.2. The van der Waals surface area contributed by atoms with Crippen molar-refractivity contribution in [2.45, 2.75) is 94.4 Å². The number of rotatable bonds is 16. The maximum atomic E-state index is 12.0. The molecule has 13 heteroatoms. The van der Waals surface area contributed by atoms with Gasteiger partial charge in [-0.2, -0.15) is 0 Å². The molecule has 8 N–H and O–H groups in total. The topological polar surface area (TPSA) is 217 Å². The maximum absolute atomic E-state index is 12.0. The van der Waals surface area contributed by atoms with Crippen LogP contribution in [0.3, 0.4) is 0 Å². The third kappa shape index (κ3) is 24.9. The maximum Gasteiger partial charge on any atom is 0.322 e. The van der Waals surface area contributed by atoms with E-state index in [2.05, 4.69) is 33.9 Å². The summed E-state index contributed by atoms with van der Waals surface area (Å²) in [6, 6.07) is 7.46. The van der Waals surface area contributed by atoms with Crippen LogP contribution in [0.2, 0.25) is 0 Å². The first-order valence-electron chi connectivity index (χ1n) is 15.3. The summed E-state index contributed by atoms with van der Waals surface area (Å²) in [5, 5.41) is 28.6. The van der Waals surface area contributed by atoms with Gasteiger partial charge in [0, 0.05) is 49.6 Å². The van der Waals surface area contributed by atoms with E-state index in [-0.39, 0.29) is 24.1 Å². The number of carbonyl (C=O) groups is 6. The summed E-state index contributed by atoms with van der Waals surface area (Å²) in [4.78, 5) is 65.4. The number of primary amides is 1. The van der Waals surface area contributed by atoms with Gasteiger partial charge < -0.3 is 37.2 Å². The van der Waals surface area contributed by atoms with Crippen LogP contribution < -0.4 is 27.0 Å². The van der Waals surface area contributed by atoms with Gasteiger partial charge in [-0.25, -0.2) is 0 Å². The Morgan fingerprint density at radius 1 is 0.778 bits per heavy atom. The smallest absolute Gasteiger partial charge is 0.322 e. The molecule has 0 aliphatic heterocycles. The molecule has 45 heavy (non-hydrogen) atoms. The van der Waals surface area contributed by atoms with Crippen molar-refractivity contribution in [3.05, 3.63) is 29.8 Å². The molecule has 0 aliphatic rings. The van der Waals surface area contributed by atoms with E-state index in [1.54, 1.807) is 13.8 Å². The number of hydrogen-bond donors (Lipinski definition) is 7. The molecule has 258 valence electrons. The number of carbonyl (C=O) groups excluding carboxylic acids is 4. The number of carboxylic acid groups (broad SMARTS) is 2. The first kappa shape index (κ1) is 45.3. The molecule has 0 heterocycles. The van der Waals surface area contributed by atoms with E-state index in [0.717, 1.165) is 31.5 Å². The predicted octanol–water partition coefficient (Wildman–Crippen LogP) is 3.78. The van der Waals surface area contributed by atoms with Crippen LogP contribution in [0.1, 0.15) is 105 Å². The lowest BCUT2D eigenvalue weighted by Gasteiger charge is -2.30. The van der Waals surface area contributed by atoms with Gasteiger partial charge in [-0.3, -0.25) is 28.8 Å². The number of aliphatic carboxylic acids is 2. The second kappa shape index (κ2) is 25.2. The fourth-order valence-electron chi connectivity index (χ4n) is 3.60. The summed E-state index contributed by atoms with van der Waals surface area (Å²) < 4.78 is 0. The third-order valence-electron chi connectivity index (χ3n) is 5.64. The van der Waals surface area contributed by atoms with Crippen LogP contribution in [0.15, 0.2) is 24.3 Å². The monoisotopic (exact) mass is 639 g/mol. The lowest BCUT2D eigenvalue weighted by Crippen LogP contribution is -2.43. The van der Waals surface area contributed by atoms with E-state index in [0.29, 0.717) is 25.1 Å². The SMILES string of the molecule is CC.CC(C)(CC(C)(C)C(=O)NCC(=O)O)C(=O)O.CC(N)=O.CCCNc1ccc(C(=O)NCCCNC(=O)CCC)cc1. The highest BCUT2D eigenvalue weighted by molar-refractivity contribution is 5.94. The minimum absolute atomic E-state index is 0.0731. The van der Waals surface area contributed by atoms with E-state index in [4.69, 9.17) is 10.2 Å². The molecule has 0 aliphatic carbocycles. The fourth-order valence-corrected chi connectivity index (χ4v) is 3.60. The first-order chi connectivity index (χ1) is 20.9. The van der Waals surface area contributed by atoms with Crippen molar-refractivity contribution < 1.29 is 39.0 Å². The Morgan fingerprint density at radius 2 is 1.29 bits per heavy atom. The van der Waals surface area contributed by atoms with Crippen LogP contribution in [-0.2, 0) is 24.0 Å². The molecule has 0 bridgehead atoms. The van der Waals surface area contributed by atoms with Crippen LogP contribution in [0.5, 0.6) is 0 Å². The highest BCUT2D eigenvalue weighted by atomic mass is 16.4. The number of hydrogen-bond acceptors (Lipinski definition) is 7. The number of anilines is 1. The van der Waals surface area contributed by atoms with Gasteiger partial charge >= 0.3 is 11.9 Å². The zero-order chi connectivity index (χ0) is 35.6. The van der Waals surface area contributed by atoms with Crippen LogP contribution in [0, 0.1) is 10.8 Å². The van der Waals surface area contributed by atoms with Crippen molar-refractivity contribution in [3.63, 3.8) is 0 Å².